The Morgan fingerprint density at radius 2 is 2.05 bits per heavy atom. The quantitative estimate of drug-likeness (QED) is 0.844. The van der Waals surface area contributed by atoms with E-state index in [1.54, 1.807) is 11.3 Å². The molecule has 19 heavy (non-hydrogen) atoms. The fourth-order valence-corrected chi connectivity index (χ4v) is 3.45. The van der Waals surface area contributed by atoms with Crippen LogP contribution in [0.5, 0.6) is 0 Å². The van der Waals surface area contributed by atoms with Crippen LogP contribution in [-0.2, 0) is 4.79 Å². The average molecular weight is 338 g/mol. The lowest BCUT2D eigenvalue weighted by Crippen LogP contribution is -2.36. The topological polar surface area (TPSA) is 46.1 Å². The van der Waals surface area contributed by atoms with Gasteiger partial charge in [-0.1, -0.05) is 0 Å². The zero-order chi connectivity index (χ0) is 13.2. The number of rotatable bonds is 2. The molecule has 1 saturated heterocycles. The molecule has 98 valence electrons. The van der Waals surface area contributed by atoms with Crippen molar-refractivity contribution in [2.24, 2.45) is 0 Å². The standard InChI is InChI=1S/C13H12BrN3OS/c14-12-4-3-11(19-12)9-6-15-13(16-7-9)17-5-1-2-10(18)8-17/h3-4,6-7H,1-2,5,8H2. The van der Waals surface area contributed by atoms with E-state index in [0.29, 0.717) is 18.9 Å². The Morgan fingerprint density at radius 1 is 1.26 bits per heavy atom. The molecule has 0 spiro atoms. The maximum Gasteiger partial charge on any atom is 0.225 e. The minimum Gasteiger partial charge on any atom is -0.333 e. The number of ketones is 1. The van der Waals surface area contributed by atoms with Gasteiger partial charge in [0.05, 0.1) is 10.3 Å². The number of hydrogen-bond donors (Lipinski definition) is 0. The van der Waals surface area contributed by atoms with E-state index >= 15 is 0 Å². The van der Waals surface area contributed by atoms with Crippen molar-refractivity contribution >= 4 is 39.0 Å². The zero-order valence-corrected chi connectivity index (χ0v) is 12.6. The summed E-state index contributed by atoms with van der Waals surface area (Å²) in [6.45, 7) is 1.29. The van der Waals surface area contributed by atoms with E-state index in [0.717, 1.165) is 27.2 Å². The Morgan fingerprint density at radius 3 is 2.68 bits per heavy atom. The van der Waals surface area contributed by atoms with Gasteiger partial charge in [0, 0.05) is 35.8 Å². The predicted octanol–water partition coefficient (Wildman–Crippen LogP) is 3.14. The maximum absolute atomic E-state index is 11.4. The number of carbonyl (C=O) groups is 1. The number of halogens is 1. The number of carbonyl (C=O) groups excluding carboxylic acids is 1. The summed E-state index contributed by atoms with van der Waals surface area (Å²) in [6, 6.07) is 4.05. The largest absolute Gasteiger partial charge is 0.333 e. The first-order chi connectivity index (χ1) is 9.22. The molecule has 0 saturated carbocycles. The monoisotopic (exact) mass is 337 g/mol. The highest BCUT2D eigenvalue weighted by Crippen LogP contribution is 2.30. The number of hydrogen-bond acceptors (Lipinski definition) is 5. The molecule has 6 heteroatoms. The van der Waals surface area contributed by atoms with E-state index in [9.17, 15) is 4.79 Å². The van der Waals surface area contributed by atoms with Gasteiger partial charge < -0.3 is 4.90 Å². The van der Waals surface area contributed by atoms with Gasteiger partial charge in [-0.05, 0) is 34.5 Å². The van der Waals surface area contributed by atoms with Gasteiger partial charge in [-0.15, -0.1) is 11.3 Å². The van der Waals surface area contributed by atoms with Crippen molar-refractivity contribution in [2.75, 3.05) is 18.0 Å². The van der Waals surface area contributed by atoms with Gasteiger partial charge >= 0.3 is 0 Å². The van der Waals surface area contributed by atoms with Crippen molar-refractivity contribution in [1.82, 2.24) is 9.97 Å². The first kappa shape index (κ1) is 12.7. The van der Waals surface area contributed by atoms with Gasteiger partial charge in [0.1, 0.15) is 0 Å². The normalized spacial score (nSPS) is 15.8. The van der Waals surface area contributed by atoms with Crippen LogP contribution in [0.2, 0.25) is 0 Å². The van der Waals surface area contributed by atoms with Gasteiger partial charge in [0.2, 0.25) is 5.95 Å². The third kappa shape index (κ3) is 2.84. The number of piperidine rings is 1. The minimum absolute atomic E-state index is 0.265. The summed E-state index contributed by atoms with van der Waals surface area (Å²) in [6.07, 6.45) is 5.21. The van der Waals surface area contributed by atoms with Gasteiger partial charge in [-0.25, -0.2) is 9.97 Å². The highest BCUT2D eigenvalue weighted by molar-refractivity contribution is 9.11. The summed E-state index contributed by atoms with van der Waals surface area (Å²) >= 11 is 5.10. The summed E-state index contributed by atoms with van der Waals surface area (Å²) < 4.78 is 1.09. The Kier molecular flexibility index (Phi) is 3.61. The van der Waals surface area contributed by atoms with Crippen molar-refractivity contribution in [2.45, 2.75) is 12.8 Å². The first-order valence-corrected chi connectivity index (χ1v) is 7.68. The third-order valence-corrected chi connectivity index (χ3v) is 4.70. The fraction of sp³-hybridized carbons (Fsp3) is 0.308. The SMILES string of the molecule is O=C1CCCN(c2ncc(-c3ccc(Br)s3)cn2)C1. The van der Waals surface area contributed by atoms with Crippen molar-refractivity contribution in [1.29, 1.82) is 0 Å². The molecule has 0 amide bonds. The van der Waals surface area contributed by atoms with E-state index in [1.165, 1.54) is 0 Å². The van der Waals surface area contributed by atoms with Crippen LogP contribution in [0.25, 0.3) is 10.4 Å². The summed E-state index contributed by atoms with van der Waals surface area (Å²) in [4.78, 5) is 23.3. The van der Waals surface area contributed by atoms with Crippen LogP contribution in [0.15, 0.2) is 28.3 Å². The molecule has 0 radical (unpaired) electrons. The average Bonchev–Trinajstić information content (AvgIpc) is 2.86. The predicted molar refractivity (Wildman–Crippen MR) is 79.5 cm³/mol. The fourth-order valence-electron chi connectivity index (χ4n) is 2.09. The van der Waals surface area contributed by atoms with Crippen LogP contribution < -0.4 is 4.90 Å². The van der Waals surface area contributed by atoms with Crippen LogP contribution in [0.4, 0.5) is 5.95 Å². The second-order valence-corrected chi connectivity index (χ2v) is 6.90. The molecule has 0 atom stereocenters. The first-order valence-electron chi connectivity index (χ1n) is 6.07. The third-order valence-electron chi connectivity index (χ3n) is 3.03. The Balaban J connectivity index is 1.80. The molecule has 1 aliphatic heterocycles. The number of Topliss-reactive ketones (excluding diaryl/α,β-unsaturated/α-hetero) is 1. The number of aromatic nitrogens is 2. The van der Waals surface area contributed by atoms with Crippen LogP contribution >= 0.6 is 27.3 Å². The Labute approximate surface area is 123 Å². The molecule has 2 aromatic heterocycles. The molecule has 0 aliphatic carbocycles. The van der Waals surface area contributed by atoms with Crippen LogP contribution in [0, 0.1) is 0 Å². The van der Waals surface area contributed by atoms with Crippen molar-refractivity contribution in [3.63, 3.8) is 0 Å². The zero-order valence-electron chi connectivity index (χ0n) is 10.2. The van der Waals surface area contributed by atoms with E-state index in [-0.39, 0.29) is 5.78 Å². The number of thiophene rings is 1. The van der Waals surface area contributed by atoms with Gasteiger partial charge in [0.25, 0.3) is 0 Å². The van der Waals surface area contributed by atoms with Crippen molar-refractivity contribution in [3.05, 3.63) is 28.3 Å². The second kappa shape index (κ2) is 5.38. The molecular weight excluding hydrogens is 326 g/mol. The van der Waals surface area contributed by atoms with Crippen LogP contribution in [0.1, 0.15) is 12.8 Å². The summed E-state index contributed by atoms with van der Waals surface area (Å²) in [5.74, 6) is 0.911. The summed E-state index contributed by atoms with van der Waals surface area (Å²) in [7, 11) is 0. The lowest BCUT2D eigenvalue weighted by atomic mass is 10.1. The van der Waals surface area contributed by atoms with Gasteiger partial charge in [0.15, 0.2) is 5.78 Å². The molecule has 1 fully saturated rings. The lowest BCUT2D eigenvalue weighted by molar-refractivity contribution is -0.118. The molecule has 0 unspecified atom stereocenters. The lowest BCUT2D eigenvalue weighted by Gasteiger charge is -2.25. The van der Waals surface area contributed by atoms with E-state index in [4.69, 9.17) is 0 Å². The Hall–Kier alpha value is -1.27. The molecule has 0 N–H and O–H groups in total. The number of nitrogens with zero attached hydrogens (tertiary/aromatic N) is 3. The molecular formula is C13H12BrN3OS. The summed E-state index contributed by atoms with van der Waals surface area (Å²) in [5.41, 5.74) is 1.00. The van der Waals surface area contributed by atoms with Crippen LogP contribution in [0.3, 0.4) is 0 Å². The molecule has 3 rings (SSSR count). The smallest absolute Gasteiger partial charge is 0.225 e. The molecule has 1 aliphatic rings. The number of anilines is 1. The highest BCUT2D eigenvalue weighted by Gasteiger charge is 2.18. The minimum atomic E-state index is 0.265. The van der Waals surface area contributed by atoms with E-state index < -0.39 is 0 Å². The molecule has 2 aromatic rings. The van der Waals surface area contributed by atoms with Crippen molar-refractivity contribution in [3.8, 4) is 10.4 Å². The van der Waals surface area contributed by atoms with E-state index in [2.05, 4.69) is 25.9 Å². The molecule has 0 bridgehead atoms. The molecule has 3 heterocycles. The molecule has 0 aromatic carbocycles. The Bertz CT molecular complexity index is 596. The maximum atomic E-state index is 11.4. The van der Waals surface area contributed by atoms with Gasteiger partial charge in [-0.3, -0.25) is 4.79 Å². The highest BCUT2D eigenvalue weighted by atomic mass is 79.9. The summed E-state index contributed by atoms with van der Waals surface area (Å²) in [5, 5.41) is 0. The van der Waals surface area contributed by atoms with E-state index in [1.807, 2.05) is 29.4 Å². The van der Waals surface area contributed by atoms with Crippen molar-refractivity contribution < 1.29 is 4.79 Å². The molecule has 4 nitrogen and oxygen atoms in total. The van der Waals surface area contributed by atoms with Gasteiger partial charge in [-0.2, -0.15) is 0 Å². The van der Waals surface area contributed by atoms with Crippen LogP contribution in [-0.4, -0.2) is 28.8 Å². The second-order valence-electron chi connectivity index (χ2n) is 4.44.